The molecule has 3 fully saturated rings. The number of carbonyl (C=O) groups is 10. The van der Waals surface area contributed by atoms with Crippen molar-refractivity contribution >= 4 is 59.1 Å². The van der Waals surface area contributed by atoms with Crippen LogP contribution in [0.15, 0.2) is 24.3 Å². The number of hydrogen-bond donors (Lipinski definition) is 7. The van der Waals surface area contributed by atoms with Crippen molar-refractivity contribution in [3.8, 4) is 0 Å². The number of carbonyl (C=O) groups excluding carboxylic acids is 10. The summed E-state index contributed by atoms with van der Waals surface area (Å²) in [7, 11) is 3.91. The summed E-state index contributed by atoms with van der Waals surface area (Å²) in [5, 5.41) is 19.7. The minimum atomic E-state index is -1.58. The molecule has 1 aromatic rings. The average Bonchev–Trinajstić information content (AvgIpc) is 3.97. The first-order valence-electron chi connectivity index (χ1n) is 29.7. The van der Waals surface area contributed by atoms with Gasteiger partial charge in [0, 0.05) is 43.7 Å². The van der Waals surface area contributed by atoms with E-state index in [0.29, 0.717) is 38.1 Å². The molecular formula is C60H98FN11O10. The fourth-order valence-electron chi connectivity index (χ4n) is 11.6. The molecule has 3 aliphatic rings. The molecule has 7 N–H and O–H groups in total. The molecule has 0 radical (unpaired) electrons. The van der Waals surface area contributed by atoms with Crippen LogP contribution in [-0.2, 0) is 43.2 Å². The van der Waals surface area contributed by atoms with E-state index in [1.165, 1.54) is 80.5 Å². The smallest absolute Gasteiger partial charge is 0.254 e. The minimum absolute atomic E-state index is 0.0461. The van der Waals surface area contributed by atoms with E-state index < -0.39 is 119 Å². The molecule has 1 aromatic carbocycles. The fraction of sp³-hybridized carbons (Fsp3) is 0.733. The van der Waals surface area contributed by atoms with Crippen molar-refractivity contribution in [3.63, 3.8) is 0 Å². The maximum absolute atomic E-state index is 14.3. The molecule has 0 bridgehead atoms. The lowest BCUT2D eigenvalue weighted by Crippen LogP contribution is -2.65. The van der Waals surface area contributed by atoms with Gasteiger partial charge in [-0.15, -0.1) is 0 Å². The van der Waals surface area contributed by atoms with Gasteiger partial charge in [-0.25, -0.2) is 4.39 Å². The lowest BCUT2D eigenvalue weighted by molar-refractivity contribution is -0.150. The normalized spacial score (nSPS) is 17.3. The van der Waals surface area contributed by atoms with Crippen molar-refractivity contribution in [2.24, 2.45) is 11.8 Å². The van der Waals surface area contributed by atoms with Crippen LogP contribution in [0.5, 0.6) is 0 Å². The molecular weight excluding hydrogens is 1050 g/mol. The predicted octanol–water partition coefficient (Wildman–Crippen LogP) is 4.07. The van der Waals surface area contributed by atoms with Gasteiger partial charge in [-0.2, -0.15) is 0 Å². The number of nitrogens with zero attached hydrogens (tertiary/aromatic N) is 4. The Morgan fingerprint density at radius 3 is 1.87 bits per heavy atom. The highest BCUT2D eigenvalue weighted by atomic mass is 19.1. The van der Waals surface area contributed by atoms with E-state index in [4.69, 9.17) is 0 Å². The number of halogens is 1. The molecule has 22 heteroatoms. The summed E-state index contributed by atoms with van der Waals surface area (Å²) in [6.07, 6.45) is 10.2. The average molecular weight is 1150 g/mol. The molecule has 10 amide bonds. The van der Waals surface area contributed by atoms with Gasteiger partial charge in [-0.05, 0) is 171 Å². The van der Waals surface area contributed by atoms with Crippen LogP contribution < -0.4 is 37.2 Å². The number of hydrogen-bond acceptors (Lipinski definition) is 11. The predicted molar refractivity (Wildman–Crippen MR) is 311 cm³/mol. The molecule has 4 rings (SSSR count). The molecule has 1 heterocycles. The third-order valence-corrected chi connectivity index (χ3v) is 16.0. The molecule has 3 atom stereocenters. The zero-order valence-corrected chi connectivity index (χ0v) is 51.5. The number of benzene rings is 1. The van der Waals surface area contributed by atoms with E-state index in [9.17, 15) is 52.3 Å². The van der Waals surface area contributed by atoms with E-state index in [1.807, 2.05) is 32.8 Å². The van der Waals surface area contributed by atoms with Crippen LogP contribution in [0.3, 0.4) is 0 Å². The molecule has 0 spiro atoms. The fourth-order valence-corrected chi connectivity index (χ4v) is 11.6. The molecule has 1 unspecified atom stereocenters. The summed E-state index contributed by atoms with van der Waals surface area (Å²) in [6, 6.07) is 0.977. The quantitative estimate of drug-likeness (QED) is 0.0601. The van der Waals surface area contributed by atoms with Crippen LogP contribution in [0.1, 0.15) is 183 Å². The zero-order valence-electron chi connectivity index (χ0n) is 51.5. The van der Waals surface area contributed by atoms with Crippen molar-refractivity contribution in [2.75, 3.05) is 46.8 Å². The van der Waals surface area contributed by atoms with E-state index in [1.54, 1.807) is 27.7 Å². The van der Waals surface area contributed by atoms with E-state index in [0.717, 1.165) is 57.9 Å². The molecule has 2 aliphatic carbocycles. The van der Waals surface area contributed by atoms with Crippen LogP contribution in [-0.4, -0.2) is 178 Å². The lowest BCUT2D eigenvalue weighted by Gasteiger charge is -2.44. The number of amides is 10. The molecule has 460 valence electrons. The Morgan fingerprint density at radius 1 is 0.695 bits per heavy atom. The van der Waals surface area contributed by atoms with Crippen molar-refractivity contribution in [3.05, 3.63) is 35.6 Å². The highest BCUT2D eigenvalue weighted by Gasteiger charge is 2.44. The molecule has 1 aliphatic heterocycles. The molecule has 1 saturated heterocycles. The Balaban J connectivity index is 1.39. The van der Waals surface area contributed by atoms with Crippen molar-refractivity contribution in [1.82, 2.24) is 56.8 Å². The van der Waals surface area contributed by atoms with Gasteiger partial charge in [0.2, 0.25) is 53.2 Å². The van der Waals surface area contributed by atoms with Crippen LogP contribution in [0.25, 0.3) is 0 Å². The highest BCUT2D eigenvalue weighted by Crippen LogP contribution is 2.33. The van der Waals surface area contributed by atoms with Gasteiger partial charge in [0.25, 0.3) is 5.91 Å². The Hall–Kier alpha value is -6.19. The molecule has 0 aromatic heterocycles. The summed E-state index contributed by atoms with van der Waals surface area (Å²) in [6.45, 7) is 19.6. The second-order valence-electron chi connectivity index (χ2n) is 25.8. The maximum Gasteiger partial charge on any atom is 0.254 e. The van der Waals surface area contributed by atoms with Crippen molar-refractivity contribution < 1.29 is 52.3 Å². The summed E-state index contributed by atoms with van der Waals surface area (Å²) in [5.74, 6) is -5.69. The highest BCUT2D eigenvalue weighted by molar-refractivity contribution is 6.00. The van der Waals surface area contributed by atoms with Gasteiger partial charge in [0.15, 0.2) is 0 Å². The van der Waals surface area contributed by atoms with Crippen LogP contribution >= 0.6 is 0 Å². The Labute approximate surface area is 486 Å². The third kappa shape index (κ3) is 19.2. The first-order valence-corrected chi connectivity index (χ1v) is 29.7. The van der Waals surface area contributed by atoms with Gasteiger partial charge in [0.05, 0.1) is 18.6 Å². The second kappa shape index (κ2) is 29.9. The van der Waals surface area contributed by atoms with Crippen molar-refractivity contribution in [1.29, 1.82) is 0 Å². The van der Waals surface area contributed by atoms with Gasteiger partial charge < -0.3 is 56.8 Å². The number of likely N-dealkylation sites (N-methyl/N-ethyl adjacent to an activating group) is 1. The Morgan fingerprint density at radius 2 is 1.30 bits per heavy atom. The first kappa shape index (κ1) is 68.3. The largest absolute Gasteiger partial charge is 0.354 e. The summed E-state index contributed by atoms with van der Waals surface area (Å²) < 4.78 is 13.7. The summed E-state index contributed by atoms with van der Waals surface area (Å²) in [4.78, 5) is 145. The van der Waals surface area contributed by atoms with E-state index in [-0.39, 0.29) is 42.3 Å². The topological polar surface area (TPSA) is 268 Å². The summed E-state index contributed by atoms with van der Waals surface area (Å²) >= 11 is 0. The number of nitrogens with one attached hydrogen (secondary N) is 7. The van der Waals surface area contributed by atoms with Crippen LogP contribution in [0.4, 0.5) is 4.39 Å². The van der Waals surface area contributed by atoms with Crippen LogP contribution in [0, 0.1) is 17.7 Å². The SMILES string of the molecule is CC(C)C[C@@H](C(=O)NC(C)(C)C(=O)NC(C)(C)C(=O)NCCC(=O)NC1(CN(C)C)CCC1)N(C(=O)CNC(=O)C(C)(C)N(C(=O)CNC(=O)[C@H](CCC1CCCCC1)NC(=O)C1CCCN1C(=O)c1ccc(F)cc1)C(C)C)C(C)C. The monoisotopic (exact) mass is 1150 g/mol. The van der Waals surface area contributed by atoms with Crippen LogP contribution in [0.2, 0.25) is 0 Å². The Kier molecular flexibility index (Phi) is 24.9. The number of rotatable bonds is 29. The van der Waals surface area contributed by atoms with Gasteiger partial charge in [-0.1, -0.05) is 46.0 Å². The van der Waals surface area contributed by atoms with Gasteiger partial charge >= 0.3 is 0 Å². The van der Waals surface area contributed by atoms with E-state index in [2.05, 4.69) is 37.2 Å². The lowest BCUT2D eigenvalue weighted by atomic mass is 9.76. The maximum atomic E-state index is 14.3. The molecule has 82 heavy (non-hydrogen) atoms. The zero-order chi connectivity index (χ0) is 61.5. The standard InChI is InChI=1S/C60H98FN11O10/c1-38(2)34-46(52(78)67-58(9,10)55(81)68-57(7,8)54(80)62-32-29-47(73)66-60(30-19-31-60)37-69(13)14)71(39(3)4)48(74)35-64-56(82)59(11,12)72(40(5)6)49(75)36-63-50(76)44(28-23-41-20-16-15-17-21-41)65-51(77)45-22-18-33-70(45)53(79)42-24-26-43(61)27-25-42/h24-27,38-41,44-46H,15-23,28-37H2,1-14H3,(H,62,80)(H,63,76)(H,64,82)(H,65,77)(H,66,73)(H,67,78)(H,68,81)/t44-,45?,46-/m0/s1. The third-order valence-electron chi connectivity index (χ3n) is 16.0. The Bertz CT molecular complexity index is 2420. The first-order chi connectivity index (χ1) is 38.2. The van der Waals surface area contributed by atoms with Crippen molar-refractivity contribution in [2.45, 2.75) is 225 Å². The minimum Gasteiger partial charge on any atom is -0.354 e. The van der Waals surface area contributed by atoms with Gasteiger partial charge in [-0.3, -0.25) is 47.9 Å². The summed E-state index contributed by atoms with van der Waals surface area (Å²) in [5.41, 5.74) is -4.64. The molecule has 21 nitrogen and oxygen atoms in total. The van der Waals surface area contributed by atoms with E-state index >= 15 is 0 Å². The number of likely N-dealkylation sites (tertiary alicyclic amines) is 1. The second-order valence-corrected chi connectivity index (χ2v) is 25.8. The molecule has 2 saturated carbocycles. The van der Waals surface area contributed by atoms with Gasteiger partial charge in [0.1, 0.15) is 40.6 Å².